The van der Waals surface area contributed by atoms with E-state index in [2.05, 4.69) is 25.4 Å². The first kappa shape index (κ1) is 20.5. The van der Waals surface area contributed by atoms with Crippen LogP contribution in [0.1, 0.15) is 10.6 Å². The van der Waals surface area contributed by atoms with Gasteiger partial charge >= 0.3 is 0 Å². The molecule has 3 aromatic heterocycles. The fourth-order valence-electron chi connectivity index (χ4n) is 3.14. The number of hydrogen-bond donors (Lipinski definition) is 2. The third-order valence-corrected chi connectivity index (χ3v) is 5.48. The quantitative estimate of drug-likeness (QED) is 0.400. The molecular formula is C23H15FN6O2S. The van der Waals surface area contributed by atoms with E-state index in [-0.39, 0.29) is 11.6 Å². The zero-order valence-electron chi connectivity index (χ0n) is 16.9. The number of rotatable bonds is 5. The number of halogens is 1. The Morgan fingerprint density at radius 1 is 1.03 bits per heavy atom. The fourth-order valence-corrected chi connectivity index (χ4v) is 3.83. The van der Waals surface area contributed by atoms with E-state index in [0.717, 1.165) is 4.88 Å². The number of anilines is 1. The smallest absolute Gasteiger partial charge is 0.295 e. The first-order valence-corrected chi connectivity index (χ1v) is 10.6. The summed E-state index contributed by atoms with van der Waals surface area (Å²) >= 11 is 1.43. The number of aromatic nitrogens is 5. The zero-order chi connectivity index (χ0) is 22.8. The highest BCUT2D eigenvalue weighted by Crippen LogP contribution is 2.26. The van der Waals surface area contributed by atoms with Gasteiger partial charge in [0.25, 0.3) is 5.91 Å². The molecule has 33 heavy (non-hydrogen) atoms. The van der Waals surface area contributed by atoms with Gasteiger partial charge in [-0.2, -0.15) is 0 Å². The standard InChI is InChI=1S/C23H15FN6O2S/c24-15-5-2-6-17(11-15)30-22(19-8-3-9-33-19)28-21(29-30)23(32)27-16-12-25-20(26-13-16)14-4-1-7-18(31)10-14/h1-13,31H,(H,27,32). The Morgan fingerprint density at radius 3 is 2.58 bits per heavy atom. The molecule has 2 N–H and O–H groups in total. The Morgan fingerprint density at radius 2 is 1.85 bits per heavy atom. The maximum Gasteiger partial charge on any atom is 0.295 e. The molecule has 5 aromatic rings. The Balaban J connectivity index is 1.42. The van der Waals surface area contributed by atoms with E-state index in [0.29, 0.717) is 28.6 Å². The van der Waals surface area contributed by atoms with Crippen molar-refractivity contribution in [2.45, 2.75) is 0 Å². The van der Waals surface area contributed by atoms with E-state index < -0.39 is 11.7 Å². The van der Waals surface area contributed by atoms with Crippen LogP contribution in [0.3, 0.4) is 0 Å². The summed E-state index contributed by atoms with van der Waals surface area (Å²) in [6, 6.07) is 16.2. The lowest BCUT2D eigenvalue weighted by Crippen LogP contribution is -2.14. The zero-order valence-corrected chi connectivity index (χ0v) is 17.7. The molecule has 0 unspecified atom stereocenters. The van der Waals surface area contributed by atoms with Crippen LogP contribution in [-0.4, -0.2) is 35.7 Å². The van der Waals surface area contributed by atoms with Crippen LogP contribution < -0.4 is 5.32 Å². The molecule has 5 rings (SSSR count). The molecule has 3 heterocycles. The molecule has 1 amide bonds. The van der Waals surface area contributed by atoms with Crippen molar-refractivity contribution in [2.24, 2.45) is 0 Å². The van der Waals surface area contributed by atoms with Crippen LogP contribution in [0.4, 0.5) is 10.1 Å². The van der Waals surface area contributed by atoms with Gasteiger partial charge in [-0.15, -0.1) is 16.4 Å². The van der Waals surface area contributed by atoms with Crippen molar-refractivity contribution >= 4 is 22.9 Å². The molecule has 0 spiro atoms. The largest absolute Gasteiger partial charge is 0.508 e. The van der Waals surface area contributed by atoms with Crippen molar-refractivity contribution in [3.05, 3.63) is 90.1 Å². The molecule has 0 aliphatic heterocycles. The summed E-state index contributed by atoms with van der Waals surface area (Å²) in [5.74, 6) is -0.130. The lowest BCUT2D eigenvalue weighted by atomic mass is 10.2. The van der Waals surface area contributed by atoms with Gasteiger partial charge in [-0.3, -0.25) is 4.79 Å². The number of benzene rings is 2. The van der Waals surface area contributed by atoms with Gasteiger partial charge in [-0.1, -0.05) is 24.3 Å². The van der Waals surface area contributed by atoms with Crippen LogP contribution in [0.5, 0.6) is 5.75 Å². The number of nitrogens with zero attached hydrogens (tertiary/aromatic N) is 5. The average Bonchev–Trinajstić information content (AvgIpc) is 3.50. The molecule has 0 aliphatic rings. The Hall–Kier alpha value is -4.44. The normalized spacial score (nSPS) is 10.8. The van der Waals surface area contributed by atoms with Crippen molar-refractivity contribution in [3.8, 4) is 33.5 Å². The number of carbonyl (C=O) groups is 1. The molecule has 162 valence electrons. The van der Waals surface area contributed by atoms with E-state index >= 15 is 0 Å². The summed E-state index contributed by atoms with van der Waals surface area (Å²) in [7, 11) is 0. The summed E-state index contributed by atoms with van der Waals surface area (Å²) < 4.78 is 15.2. The number of hydrogen-bond acceptors (Lipinski definition) is 7. The predicted octanol–water partition coefficient (Wildman–Crippen LogP) is 4.55. The van der Waals surface area contributed by atoms with Crippen molar-refractivity contribution in [2.75, 3.05) is 5.32 Å². The van der Waals surface area contributed by atoms with Crippen LogP contribution in [0.15, 0.2) is 78.4 Å². The molecule has 2 aromatic carbocycles. The van der Waals surface area contributed by atoms with Gasteiger partial charge < -0.3 is 10.4 Å². The molecule has 0 aliphatic carbocycles. The second kappa shape index (κ2) is 8.60. The Labute approximate surface area is 191 Å². The van der Waals surface area contributed by atoms with Gasteiger partial charge in [0.2, 0.25) is 5.82 Å². The lowest BCUT2D eigenvalue weighted by Gasteiger charge is -2.04. The van der Waals surface area contributed by atoms with E-state index in [1.807, 2.05) is 17.5 Å². The van der Waals surface area contributed by atoms with Gasteiger partial charge in [0.1, 0.15) is 11.6 Å². The van der Waals surface area contributed by atoms with E-state index in [1.165, 1.54) is 40.5 Å². The molecular weight excluding hydrogens is 443 g/mol. The fraction of sp³-hybridized carbons (Fsp3) is 0. The van der Waals surface area contributed by atoms with Gasteiger partial charge in [0, 0.05) is 5.56 Å². The second-order valence-electron chi connectivity index (χ2n) is 6.93. The lowest BCUT2D eigenvalue weighted by molar-refractivity contribution is 0.101. The third kappa shape index (κ3) is 4.32. The number of carbonyl (C=O) groups excluding carboxylic acids is 1. The minimum atomic E-state index is -0.559. The van der Waals surface area contributed by atoms with Crippen LogP contribution in [0.25, 0.3) is 27.8 Å². The number of phenolic OH excluding ortho intramolecular Hbond substituents is 1. The molecule has 0 saturated heterocycles. The van der Waals surface area contributed by atoms with Crippen molar-refractivity contribution in [1.29, 1.82) is 0 Å². The number of phenols is 1. The van der Waals surface area contributed by atoms with Crippen molar-refractivity contribution in [1.82, 2.24) is 24.7 Å². The molecule has 0 bridgehead atoms. The minimum Gasteiger partial charge on any atom is -0.508 e. The molecule has 0 fully saturated rings. The number of amides is 1. The van der Waals surface area contributed by atoms with E-state index in [1.54, 1.807) is 36.4 Å². The highest BCUT2D eigenvalue weighted by Gasteiger charge is 2.20. The summed E-state index contributed by atoms with van der Waals surface area (Å²) in [5, 5.41) is 18.5. The van der Waals surface area contributed by atoms with Gasteiger partial charge in [-0.05, 0) is 41.8 Å². The number of aromatic hydroxyl groups is 1. The van der Waals surface area contributed by atoms with E-state index in [4.69, 9.17) is 0 Å². The number of thiophene rings is 1. The summed E-state index contributed by atoms with van der Waals surface area (Å²) in [5.41, 5.74) is 1.44. The molecule has 0 radical (unpaired) electrons. The highest BCUT2D eigenvalue weighted by molar-refractivity contribution is 7.13. The summed E-state index contributed by atoms with van der Waals surface area (Å²) in [6.45, 7) is 0. The first-order chi connectivity index (χ1) is 16.1. The van der Waals surface area contributed by atoms with Crippen LogP contribution >= 0.6 is 11.3 Å². The average molecular weight is 458 g/mol. The van der Waals surface area contributed by atoms with Gasteiger partial charge in [-0.25, -0.2) is 24.0 Å². The molecule has 8 nitrogen and oxygen atoms in total. The maximum absolute atomic E-state index is 13.8. The van der Waals surface area contributed by atoms with Crippen molar-refractivity contribution in [3.63, 3.8) is 0 Å². The SMILES string of the molecule is O=C(Nc1cnc(-c2cccc(O)c2)nc1)c1nc(-c2cccs2)n(-c2cccc(F)c2)n1. The summed E-state index contributed by atoms with van der Waals surface area (Å²) in [6.07, 6.45) is 2.90. The number of nitrogens with one attached hydrogen (secondary N) is 1. The summed E-state index contributed by atoms with van der Waals surface area (Å²) in [4.78, 5) is 26.5. The van der Waals surface area contributed by atoms with Crippen LogP contribution in [0.2, 0.25) is 0 Å². The molecule has 0 saturated carbocycles. The topological polar surface area (TPSA) is 106 Å². The Kier molecular flexibility index (Phi) is 5.33. The molecule has 0 atom stereocenters. The van der Waals surface area contributed by atoms with Gasteiger partial charge in [0.05, 0.1) is 28.6 Å². The second-order valence-corrected chi connectivity index (χ2v) is 7.88. The van der Waals surface area contributed by atoms with Crippen LogP contribution in [0, 0.1) is 5.82 Å². The van der Waals surface area contributed by atoms with Crippen LogP contribution in [-0.2, 0) is 0 Å². The van der Waals surface area contributed by atoms with Gasteiger partial charge in [0.15, 0.2) is 11.6 Å². The predicted molar refractivity (Wildman–Crippen MR) is 122 cm³/mol. The third-order valence-electron chi connectivity index (χ3n) is 4.62. The maximum atomic E-state index is 13.8. The monoisotopic (exact) mass is 458 g/mol. The van der Waals surface area contributed by atoms with Crippen molar-refractivity contribution < 1.29 is 14.3 Å². The van der Waals surface area contributed by atoms with E-state index in [9.17, 15) is 14.3 Å². The minimum absolute atomic E-state index is 0.0836. The highest BCUT2D eigenvalue weighted by atomic mass is 32.1. The first-order valence-electron chi connectivity index (χ1n) is 9.76. The molecule has 10 heteroatoms. The Bertz CT molecular complexity index is 1430.